The fourth-order valence-corrected chi connectivity index (χ4v) is 3.70. The number of amides is 1. The van der Waals surface area contributed by atoms with Crippen molar-refractivity contribution in [1.82, 2.24) is 10.2 Å². The summed E-state index contributed by atoms with van der Waals surface area (Å²) in [5.41, 5.74) is 0.622. The molecule has 0 bridgehead atoms. The zero-order valence-corrected chi connectivity index (χ0v) is 17.2. The lowest BCUT2D eigenvalue weighted by Crippen LogP contribution is -2.11. The molecule has 4 aromatic rings. The normalized spacial score (nSPS) is 11.1. The molecule has 0 aliphatic rings. The minimum absolute atomic E-state index is 0.0112. The van der Waals surface area contributed by atoms with E-state index in [9.17, 15) is 13.2 Å². The summed E-state index contributed by atoms with van der Waals surface area (Å²) >= 11 is 0. The lowest BCUT2D eigenvalue weighted by Gasteiger charge is -2.06. The van der Waals surface area contributed by atoms with Gasteiger partial charge in [-0.1, -0.05) is 35.4 Å². The number of hydrogen-bond acceptors (Lipinski definition) is 7. The topological polar surface area (TPSA) is 111 Å². The zero-order valence-electron chi connectivity index (χ0n) is 16.3. The summed E-state index contributed by atoms with van der Waals surface area (Å²) in [6, 6.07) is 21.9. The van der Waals surface area contributed by atoms with E-state index in [4.69, 9.17) is 9.15 Å². The van der Waals surface area contributed by atoms with Gasteiger partial charge in [-0.25, -0.2) is 8.42 Å². The van der Waals surface area contributed by atoms with Crippen molar-refractivity contribution in [1.29, 1.82) is 0 Å². The molecule has 0 fully saturated rings. The third-order valence-corrected chi connectivity index (χ3v) is 5.41. The van der Waals surface area contributed by atoms with Crippen molar-refractivity contribution >= 4 is 21.8 Å². The van der Waals surface area contributed by atoms with Gasteiger partial charge in [0.05, 0.1) is 10.5 Å². The maximum absolute atomic E-state index is 12.5. The Morgan fingerprint density at radius 3 is 2.23 bits per heavy atom. The molecule has 0 aliphatic carbocycles. The van der Waals surface area contributed by atoms with Gasteiger partial charge in [-0.15, -0.1) is 5.10 Å². The largest absolute Gasteiger partial charge is 0.457 e. The van der Waals surface area contributed by atoms with Crippen molar-refractivity contribution < 1.29 is 22.4 Å². The molecule has 156 valence electrons. The van der Waals surface area contributed by atoms with E-state index in [2.05, 4.69) is 15.5 Å². The number of hydrogen-bond donors (Lipinski definition) is 1. The Balaban J connectivity index is 1.47. The first kappa shape index (κ1) is 20.3. The van der Waals surface area contributed by atoms with Gasteiger partial charge >= 0.3 is 6.01 Å². The predicted molar refractivity (Wildman–Crippen MR) is 114 cm³/mol. The molecule has 0 saturated heterocycles. The Bertz CT molecular complexity index is 1320. The van der Waals surface area contributed by atoms with E-state index in [1.165, 1.54) is 6.07 Å². The molecule has 8 nitrogen and oxygen atoms in total. The summed E-state index contributed by atoms with van der Waals surface area (Å²) in [6.45, 7) is 0. The Morgan fingerprint density at radius 2 is 1.52 bits per heavy atom. The van der Waals surface area contributed by atoms with E-state index in [0.29, 0.717) is 17.1 Å². The second-order valence-corrected chi connectivity index (χ2v) is 8.56. The van der Waals surface area contributed by atoms with Gasteiger partial charge in [-0.3, -0.25) is 10.1 Å². The molecule has 4 rings (SSSR count). The Morgan fingerprint density at radius 1 is 0.871 bits per heavy atom. The van der Waals surface area contributed by atoms with Crippen LogP contribution in [0.1, 0.15) is 10.4 Å². The smallest absolute Gasteiger partial charge is 0.322 e. The lowest BCUT2D eigenvalue weighted by molar-refractivity contribution is 0.102. The molecule has 31 heavy (non-hydrogen) atoms. The highest BCUT2D eigenvalue weighted by Gasteiger charge is 2.19. The molecule has 0 saturated carbocycles. The lowest BCUT2D eigenvalue weighted by atomic mass is 10.2. The number of carbonyl (C=O) groups is 1. The van der Waals surface area contributed by atoms with Crippen molar-refractivity contribution in [2.24, 2.45) is 0 Å². The molecular weight excluding hydrogens is 418 g/mol. The van der Waals surface area contributed by atoms with Gasteiger partial charge in [0.25, 0.3) is 11.8 Å². The van der Waals surface area contributed by atoms with Gasteiger partial charge in [-0.05, 0) is 48.5 Å². The van der Waals surface area contributed by atoms with Crippen LogP contribution in [-0.4, -0.2) is 30.8 Å². The number of ether oxygens (including phenoxy) is 1. The average Bonchev–Trinajstić information content (AvgIpc) is 3.23. The van der Waals surface area contributed by atoms with Gasteiger partial charge < -0.3 is 9.15 Å². The number of para-hydroxylation sites is 1. The molecule has 0 spiro atoms. The number of anilines is 1. The van der Waals surface area contributed by atoms with Crippen LogP contribution in [0.4, 0.5) is 6.01 Å². The molecule has 9 heteroatoms. The molecule has 0 radical (unpaired) electrons. The van der Waals surface area contributed by atoms with E-state index in [-0.39, 0.29) is 22.4 Å². The van der Waals surface area contributed by atoms with Gasteiger partial charge in [0.1, 0.15) is 11.5 Å². The standard InChI is InChI=1S/C22H17N3O5S/c1-31(27,28)19-10-6-5-9-18(19)21-24-25-22(30-21)23-20(26)15-11-13-17(14-12-15)29-16-7-3-2-4-8-16/h2-14H,1H3,(H,23,25,26). The van der Waals surface area contributed by atoms with Crippen molar-refractivity contribution in [2.45, 2.75) is 4.90 Å². The molecule has 1 aromatic heterocycles. The third-order valence-electron chi connectivity index (χ3n) is 4.26. The van der Waals surface area contributed by atoms with Crippen LogP contribution in [0.2, 0.25) is 0 Å². The predicted octanol–water partition coefficient (Wildman–Crippen LogP) is 4.18. The minimum Gasteiger partial charge on any atom is -0.457 e. The summed E-state index contributed by atoms with van der Waals surface area (Å²) in [5, 5.41) is 10.1. The van der Waals surface area contributed by atoms with Crippen LogP contribution in [0.3, 0.4) is 0 Å². The molecule has 1 heterocycles. The number of benzene rings is 3. The highest BCUT2D eigenvalue weighted by molar-refractivity contribution is 7.90. The number of carbonyl (C=O) groups excluding carboxylic acids is 1. The van der Waals surface area contributed by atoms with Crippen molar-refractivity contribution in [2.75, 3.05) is 11.6 Å². The second kappa shape index (κ2) is 8.41. The number of nitrogens with zero attached hydrogens (tertiary/aromatic N) is 2. The first-order chi connectivity index (χ1) is 14.9. The summed E-state index contributed by atoms with van der Waals surface area (Å²) in [7, 11) is -3.49. The quantitative estimate of drug-likeness (QED) is 0.483. The number of nitrogens with one attached hydrogen (secondary N) is 1. The Hall–Kier alpha value is -3.98. The van der Waals surface area contributed by atoms with Crippen LogP contribution < -0.4 is 10.1 Å². The molecule has 0 unspecified atom stereocenters. The van der Waals surface area contributed by atoms with Gasteiger partial charge in [0.15, 0.2) is 9.84 Å². The fraction of sp³-hybridized carbons (Fsp3) is 0.0455. The van der Waals surface area contributed by atoms with E-state index >= 15 is 0 Å². The first-order valence-corrected chi connectivity index (χ1v) is 11.1. The van der Waals surface area contributed by atoms with Crippen LogP contribution in [0, 0.1) is 0 Å². The highest BCUT2D eigenvalue weighted by Crippen LogP contribution is 2.27. The maximum atomic E-state index is 12.5. The van der Waals surface area contributed by atoms with Gasteiger partial charge in [-0.2, -0.15) is 0 Å². The molecular formula is C22H17N3O5S. The van der Waals surface area contributed by atoms with Crippen LogP contribution in [0.5, 0.6) is 11.5 Å². The summed E-state index contributed by atoms with van der Waals surface area (Å²) in [5.74, 6) is 0.800. The van der Waals surface area contributed by atoms with Gasteiger partial charge in [0, 0.05) is 11.8 Å². The monoisotopic (exact) mass is 435 g/mol. The molecule has 3 aromatic carbocycles. The highest BCUT2D eigenvalue weighted by atomic mass is 32.2. The molecule has 1 amide bonds. The maximum Gasteiger partial charge on any atom is 0.322 e. The first-order valence-electron chi connectivity index (χ1n) is 9.17. The number of aromatic nitrogens is 2. The zero-order chi connectivity index (χ0) is 21.8. The fourth-order valence-electron chi connectivity index (χ4n) is 2.82. The molecule has 1 N–H and O–H groups in total. The summed E-state index contributed by atoms with van der Waals surface area (Å²) < 4.78 is 35.1. The summed E-state index contributed by atoms with van der Waals surface area (Å²) in [6.07, 6.45) is 1.09. The molecule has 0 atom stereocenters. The van der Waals surface area contributed by atoms with Gasteiger partial charge in [0.2, 0.25) is 0 Å². The average molecular weight is 435 g/mol. The molecule has 0 aliphatic heterocycles. The minimum atomic E-state index is -3.49. The van der Waals surface area contributed by atoms with Crippen molar-refractivity contribution in [3.05, 3.63) is 84.4 Å². The Labute approximate surface area is 178 Å². The van der Waals surface area contributed by atoms with E-state index in [1.807, 2.05) is 30.3 Å². The van der Waals surface area contributed by atoms with E-state index < -0.39 is 15.7 Å². The third kappa shape index (κ3) is 4.78. The second-order valence-electron chi connectivity index (χ2n) is 6.57. The summed E-state index contributed by atoms with van der Waals surface area (Å²) in [4.78, 5) is 12.5. The van der Waals surface area contributed by atoms with Crippen LogP contribution in [0.15, 0.2) is 88.2 Å². The van der Waals surface area contributed by atoms with Crippen LogP contribution in [0.25, 0.3) is 11.5 Å². The van der Waals surface area contributed by atoms with Crippen LogP contribution in [-0.2, 0) is 9.84 Å². The number of sulfone groups is 1. The van der Waals surface area contributed by atoms with E-state index in [0.717, 1.165) is 6.26 Å². The van der Waals surface area contributed by atoms with Crippen molar-refractivity contribution in [3.8, 4) is 23.0 Å². The Kier molecular flexibility index (Phi) is 5.50. The van der Waals surface area contributed by atoms with Crippen LogP contribution >= 0.6 is 0 Å². The SMILES string of the molecule is CS(=O)(=O)c1ccccc1-c1nnc(NC(=O)c2ccc(Oc3ccccc3)cc2)o1. The van der Waals surface area contributed by atoms with Crippen molar-refractivity contribution in [3.63, 3.8) is 0 Å². The number of rotatable bonds is 6. The van der Waals surface area contributed by atoms with E-state index in [1.54, 1.807) is 42.5 Å².